The second-order valence-electron chi connectivity index (χ2n) is 14.7. The van der Waals surface area contributed by atoms with E-state index in [0.717, 1.165) is 94.5 Å². The molecule has 0 amide bonds. The van der Waals surface area contributed by atoms with Crippen molar-refractivity contribution in [2.45, 2.75) is 187 Å². The summed E-state index contributed by atoms with van der Waals surface area (Å²) in [4.78, 5) is 35.4. The molecule has 0 saturated heterocycles. The van der Waals surface area contributed by atoms with Crippen LogP contribution in [0.4, 0.5) is 0 Å². The van der Waals surface area contributed by atoms with Gasteiger partial charge in [0, 0.05) is 19.3 Å². The zero-order valence-electron chi connectivity index (χ0n) is 32.8. The van der Waals surface area contributed by atoms with Gasteiger partial charge in [0.15, 0.2) is 0 Å². The van der Waals surface area contributed by atoms with Gasteiger partial charge in [0.05, 0.1) is 47.3 Å². The standard InChI is InChI=1S/C42H78NO6/c1-6-47-40(44)35-30-26-22-18-14-10-8-12-16-20-24-28-33-39(49-42(46)37-32-38-43(3,4)5)34-29-25-21-17-13-9-11-15-19-23-27-31-36-41(45)48-7-2/h14-15,18-19,39H,6-13,16-17,20-38H2,1-5H3/q+1. The Labute approximate surface area is 302 Å². The second kappa shape index (κ2) is 34.3. The van der Waals surface area contributed by atoms with Crippen LogP contribution in [-0.2, 0) is 28.6 Å². The average Bonchev–Trinajstić information content (AvgIpc) is 3.04. The normalized spacial score (nSPS) is 12.5. The summed E-state index contributed by atoms with van der Waals surface area (Å²) < 4.78 is 16.8. The first-order valence-electron chi connectivity index (χ1n) is 20.3. The third-order valence-electron chi connectivity index (χ3n) is 8.75. The monoisotopic (exact) mass is 693 g/mol. The maximum absolute atomic E-state index is 12.6. The Hall–Kier alpha value is -2.15. The summed E-state index contributed by atoms with van der Waals surface area (Å²) in [6, 6.07) is 0. The number of nitrogens with zero attached hydrogens (tertiary/aromatic N) is 1. The lowest BCUT2D eigenvalue weighted by Crippen LogP contribution is -2.35. The van der Waals surface area contributed by atoms with Crippen molar-refractivity contribution in [3.05, 3.63) is 24.3 Å². The van der Waals surface area contributed by atoms with Crippen LogP contribution in [0.1, 0.15) is 181 Å². The predicted octanol–water partition coefficient (Wildman–Crippen LogP) is 11.0. The van der Waals surface area contributed by atoms with Crippen molar-refractivity contribution in [2.75, 3.05) is 40.9 Å². The zero-order valence-corrected chi connectivity index (χ0v) is 32.8. The van der Waals surface area contributed by atoms with Crippen molar-refractivity contribution in [3.63, 3.8) is 0 Å². The second-order valence-corrected chi connectivity index (χ2v) is 14.7. The molecule has 0 aliphatic heterocycles. The first-order valence-corrected chi connectivity index (χ1v) is 20.3. The van der Waals surface area contributed by atoms with Gasteiger partial charge in [0.25, 0.3) is 0 Å². The van der Waals surface area contributed by atoms with Crippen LogP contribution in [0, 0.1) is 0 Å². The Morgan fingerprint density at radius 3 is 1.20 bits per heavy atom. The molecule has 0 saturated carbocycles. The predicted molar refractivity (Wildman–Crippen MR) is 204 cm³/mol. The summed E-state index contributed by atoms with van der Waals surface area (Å²) in [5, 5.41) is 0. The number of quaternary nitrogens is 1. The van der Waals surface area contributed by atoms with E-state index in [2.05, 4.69) is 45.4 Å². The van der Waals surface area contributed by atoms with Crippen LogP contribution in [0.5, 0.6) is 0 Å². The lowest BCUT2D eigenvalue weighted by atomic mass is 10.0. The molecule has 0 unspecified atom stereocenters. The van der Waals surface area contributed by atoms with E-state index in [4.69, 9.17) is 14.2 Å². The minimum Gasteiger partial charge on any atom is -0.466 e. The highest BCUT2D eigenvalue weighted by molar-refractivity contribution is 5.70. The fraction of sp³-hybridized carbons (Fsp3) is 0.833. The molecule has 0 radical (unpaired) electrons. The van der Waals surface area contributed by atoms with E-state index < -0.39 is 0 Å². The van der Waals surface area contributed by atoms with E-state index >= 15 is 0 Å². The van der Waals surface area contributed by atoms with Crippen LogP contribution in [-0.4, -0.2) is 69.4 Å². The summed E-state index contributed by atoms with van der Waals surface area (Å²) in [5.74, 6) is -0.174. The van der Waals surface area contributed by atoms with Gasteiger partial charge < -0.3 is 18.7 Å². The van der Waals surface area contributed by atoms with E-state index in [1.165, 1.54) is 64.2 Å². The molecule has 0 aliphatic carbocycles. The van der Waals surface area contributed by atoms with Gasteiger partial charge in [-0.05, 0) is 104 Å². The molecule has 0 fully saturated rings. The van der Waals surface area contributed by atoms with Crippen LogP contribution in [0.15, 0.2) is 24.3 Å². The lowest BCUT2D eigenvalue weighted by Gasteiger charge is -2.24. The van der Waals surface area contributed by atoms with Gasteiger partial charge in [-0.25, -0.2) is 0 Å². The van der Waals surface area contributed by atoms with Crippen molar-refractivity contribution in [3.8, 4) is 0 Å². The van der Waals surface area contributed by atoms with Gasteiger partial charge in [-0.15, -0.1) is 0 Å². The van der Waals surface area contributed by atoms with E-state index in [1.807, 2.05) is 13.8 Å². The molecule has 49 heavy (non-hydrogen) atoms. The minimum atomic E-state index is -0.0788. The third-order valence-corrected chi connectivity index (χ3v) is 8.75. The number of hydrogen-bond donors (Lipinski definition) is 0. The Morgan fingerprint density at radius 1 is 0.469 bits per heavy atom. The van der Waals surface area contributed by atoms with Crippen LogP contribution < -0.4 is 0 Å². The molecule has 0 aliphatic rings. The molecule has 0 atom stereocenters. The van der Waals surface area contributed by atoms with Gasteiger partial charge in [-0.1, -0.05) is 75.7 Å². The highest BCUT2D eigenvalue weighted by Crippen LogP contribution is 2.18. The topological polar surface area (TPSA) is 78.9 Å². The number of carbonyl (C=O) groups excluding carboxylic acids is 3. The van der Waals surface area contributed by atoms with Gasteiger partial charge in [0.2, 0.25) is 0 Å². The average molecular weight is 693 g/mol. The SMILES string of the molecule is CCOC(=O)CCCCC=CCCCCCCCCC(CCCCCCCCC=CCCCCC(=O)OCC)OC(=O)CCC[N+](C)(C)C. The summed E-state index contributed by atoms with van der Waals surface area (Å²) in [7, 11) is 6.50. The van der Waals surface area contributed by atoms with E-state index in [9.17, 15) is 14.4 Å². The molecule has 286 valence electrons. The van der Waals surface area contributed by atoms with Crippen molar-refractivity contribution >= 4 is 17.9 Å². The maximum atomic E-state index is 12.6. The number of rotatable bonds is 35. The minimum absolute atomic E-state index is 0.0162. The van der Waals surface area contributed by atoms with Crippen LogP contribution in [0.3, 0.4) is 0 Å². The van der Waals surface area contributed by atoms with Crippen LogP contribution in [0.25, 0.3) is 0 Å². The molecule has 0 aromatic rings. The first kappa shape index (κ1) is 46.9. The lowest BCUT2D eigenvalue weighted by molar-refractivity contribution is -0.870. The smallest absolute Gasteiger partial charge is 0.306 e. The Balaban J connectivity index is 4.07. The molecule has 0 N–H and O–H groups in total. The van der Waals surface area contributed by atoms with E-state index in [-0.39, 0.29) is 24.0 Å². The number of ether oxygens (including phenoxy) is 3. The molecule has 0 aromatic heterocycles. The quantitative estimate of drug-likeness (QED) is 0.0216. The van der Waals surface area contributed by atoms with E-state index in [1.54, 1.807) is 0 Å². The Kier molecular flexibility index (Phi) is 32.8. The van der Waals surface area contributed by atoms with Gasteiger partial charge in [-0.2, -0.15) is 0 Å². The van der Waals surface area contributed by atoms with Crippen molar-refractivity contribution in [1.82, 2.24) is 0 Å². The number of hydrogen-bond acceptors (Lipinski definition) is 6. The van der Waals surface area contributed by atoms with Gasteiger partial charge in [0.1, 0.15) is 6.10 Å². The molecule has 7 nitrogen and oxygen atoms in total. The van der Waals surface area contributed by atoms with Crippen LogP contribution in [0.2, 0.25) is 0 Å². The molecule has 0 spiro atoms. The van der Waals surface area contributed by atoms with Crippen LogP contribution >= 0.6 is 0 Å². The Morgan fingerprint density at radius 2 is 0.816 bits per heavy atom. The number of allylic oxidation sites excluding steroid dienone is 4. The molecular formula is C42H78NO6+. The van der Waals surface area contributed by atoms with Crippen molar-refractivity contribution < 1.29 is 33.1 Å². The molecule has 7 heteroatoms. The maximum Gasteiger partial charge on any atom is 0.306 e. The zero-order chi connectivity index (χ0) is 36.3. The number of unbranched alkanes of at least 4 members (excludes halogenated alkanes) is 16. The van der Waals surface area contributed by atoms with Gasteiger partial charge >= 0.3 is 17.9 Å². The fourth-order valence-corrected chi connectivity index (χ4v) is 5.89. The molecule has 0 rings (SSSR count). The summed E-state index contributed by atoms with van der Waals surface area (Å²) in [6.45, 7) is 5.62. The van der Waals surface area contributed by atoms with E-state index in [0.29, 0.717) is 32.5 Å². The summed E-state index contributed by atoms with van der Waals surface area (Å²) in [5.41, 5.74) is 0. The highest BCUT2D eigenvalue weighted by Gasteiger charge is 2.16. The number of carbonyl (C=O) groups is 3. The fourth-order valence-electron chi connectivity index (χ4n) is 5.89. The molecule has 0 aromatic carbocycles. The summed E-state index contributed by atoms with van der Waals surface area (Å²) in [6.07, 6.45) is 36.7. The molecular weight excluding hydrogens is 614 g/mol. The highest BCUT2D eigenvalue weighted by atomic mass is 16.5. The van der Waals surface area contributed by atoms with Gasteiger partial charge in [-0.3, -0.25) is 14.4 Å². The van der Waals surface area contributed by atoms with Crippen molar-refractivity contribution in [2.24, 2.45) is 0 Å². The summed E-state index contributed by atoms with van der Waals surface area (Å²) >= 11 is 0. The first-order chi connectivity index (χ1) is 23.7. The molecule has 0 bridgehead atoms. The Bertz CT molecular complexity index is 795. The molecule has 0 heterocycles. The third kappa shape index (κ3) is 36.9. The largest absolute Gasteiger partial charge is 0.466 e. The van der Waals surface area contributed by atoms with Crippen molar-refractivity contribution in [1.29, 1.82) is 0 Å². The number of esters is 3.